The topological polar surface area (TPSA) is 3.24 Å². The van der Waals surface area contributed by atoms with E-state index in [2.05, 4.69) is 36.7 Å². The molecule has 0 N–H and O–H groups in total. The molecule has 15 heavy (non-hydrogen) atoms. The monoisotopic (exact) mass is 225 g/mol. The van der Waals surface area contributed by atoms with Crippen LogP contribution in [0, 0.1) is 0 Å². The van der Waals surface area contributed by atoms with E-state index in [9.17, 15) is 0 Å². The maximum absolute atomic E-state index is 2.66. The molecule has 0 spiro atoms. The maximum Gasteiger partial charge on any atom is 0.0713 e. The summed E-state index contributed by atoms with van der Waals surface area (Å²) in [5.74, 6) is 0. The number of rotatable bonds is 5. The Morgan fingerprint density at radius 1 is 1.13 bits per heavy atom. The lowest BCUT2D eigenvalue weighted by molar-refractivity contribution is 0.229. The van der Waals surface area contributed by atoms with E-state index in [1.165, 1.54) is 51.4 Å². The number of hydrogen-bond donors (Lipinski definition) is 0. The molecule has 0 unspecified atom stereocenters. The van der Waals surface area contributed by atoms with Gasteiger partial charge in [-0.2, -0.15) is 0 Å². The van der Waals surface area contributed by atoms with Crippen LogP contribution in [0.2, 0.25) is 19.1 Å². The molecule has 1 rings (SSSR count). The summed E-state index contributed by atoms with van der Waals surface area (Å²) in [4.78, 5) is 2.66. The summed E-state index contributed by atoms with van der Waals surface area (Å²) in [5, 5.41) is 0. The first kappa shape index (κ1) is 13.0. The third kappa shape index (κ3) is 5.52. The van der Waals surface area contributed by atoms with Crippen LogP contribution in [-0.4, -0.2) is 32.6 Å². The average molecular weight is 225 g/mol. The molecule has 0 aliphatic carbocycles. The predicted molar refractivity (Wildman–Crippen MR) is 72.0 cm³/mol. The van der Waals surface area contributed by atoms with Gasteiger partial charge >= 0.3 is 0 Å². The molecule has 1 nitrogen and oxygen atoms in total. The molecule has 1 fully saturated rings. The first-order chi connectivity index (χ1) is 7.14. The highest BCUT2D eigenvalue weighted by molar-refractivity contribution is 6.82. The molecule has 0 bridgehead atoms. The van der Waals surface area contributed by atoms with Gasteiger partial charge in [0.1, 0.15) is 0 Å². The lowest BCUT2D eigenvalue weighted by Crippen LogP contribution is -2.32. The van der Waals surface area contributed by atoms with Gasteiger partial charge in [0.15, 0.2) is 0 Å². The Kier molecular flexibility index (Phi) is 5.62. The Morgan fingerprint density at radius 3 is 2.40 bits per heavy atom. The molecule has 1 heterocycles. The molecule has 0 radical (unpaired) electrons. The molecule has 1 aliphatic rings. The third-order valence-corrected chi connectivity index (χ3v) is 6.24. The van der Waals surface area contributed by atoms with Crippen molar-refractivity contribution < 1.29 is 0 Å². The zero-order valence-electron chi connectivity index (χ0n) is 10.8. The second-order valence-electron chi connectivity index (χ2n) is 5.49. The van der Waals surface area contributed by atoms with Crippen LogP contribution in [-0.2, 0) is 0 Å². The molecule has 0 amide bonds. The zero-order valence-corrected chi connectivity index (χ0v) is 11.8. The van der Waals surface area contributed by atoms with E-state index in [4.69, 9.17) is 0 Å². The van der Waals surface area contributed by atoms with Gasteiger partial charge in [-0.1, -0.05) is 37.3 Å². The quantitative estimate of drug-likeness (QED) is 0.645. The summed E-state index contributed by atoms with van der Waals surface area (Å²) in [6, 6.07) is 1.45. The van der Waals surface area contributed by atoms with Crippen molar-refractivity contribution in [2.75, 3.05) is 19.6 Å². The Balaban J connectivity index is 2.14. The average Bonchev–Trinajstić information content (AvgIpc) is 2.19. The van der Waals surface area contributed by atoms with Gasteiger partial charge in [0.2, 0.25) is 0 Å². The molecule has 0 atom stereocenters. The molecule has 0 aromatic heterocycles. The molecule has 1 saturated heterocycles. The summed E-state index contributed by atoms with van der Waals surface area (Å²) >= 11 is 0. The number of likely N-dealkylation sites (tertiary alicyclic amines) is 1. The van der Waals surface area contributed by atoms with E-state index < -0.39 is 8.07 Å². The van der Waals surface area contributed by atoms with E-state index >= 15 is 0 Å². The standard InChI is InChI=1S/C13H27NSi/c1-4-12-15(2,3)13-8-11-14-9-6-5-7-10-14/h4,12H,5-11,13H2,1-3H3/b12-4-. The second-order valence-corrected chi connectivity index (χ2v) is 10.3. The van der Waals surface area contributed by atoms with Crippen molar-refractivity contribution in [3.8, 4) is 0 Å². The number of hydrogen-bond acceptors (Lipinski definition) is 1. The lowest BCUT2D eigenvalue weighted by atomic mass is 10.1. The van der Waals surface area contributed by atoms with Crippen molar-refractivity contribution in [3.05, 3.63) is 11.8 Å². The minimum absolute atomic E-state index is 0.995. The fourth-order valence-corrected chi connectivity index (χ4v) is 4.61. The van der Waals surface area contributed by atoms with Gasteiger partial charge < -0.3 is 4.90 Å². The molecule has 1 aliphatic heterocycles. The predicted octanol–water partition coefficient (Wildman–Crippen LogP) is 3.69. The van der Waals surface area contributed by atoms with Crippen molar-refractivity contribution >= 4 is 8.07 Å². The van der Waals surface area contributed by atoms with Crippen molar-refractivity contribution in [1.29, 1.82) is 0 Å². The van der Waals surface area contributed by atoms with Crippen molar-refractivity contribution in [2.24, 2.45) is 0 Å². The van der Waals surface area contributed by atoms with E-state index in [0.29, 0.717) is 0 Å². The van der Waals surface area contributed by atoms with Crippen LogP contribution >= 0.6 is 0 Å². The smallest absolute Gasteiger partial charge is 0.0713 e. The molecule has 88 valence electrons. The van der Waals surface area contributed by atoms with E-state index in [1.807, 2.05) is 0 Å². The van der Waals surface area contributed by atoms with Gasteiger partial charge in [-0.3, -0.25) is 0 Å². The van der Waals surface area contributed by atoms with Crippen LogP contribution in [0.5, 0.6) is 0 Å². The summed E-state index contributed by atoms with van der Waals surface area (Å²) in [5.41, 5.74) is 2.48. The fraction of sp³-hybridized carbons (Fsp3) is 0.846. The number of nitrogens with zero attached hydrogens (tertiary/aromatic N) is 1. The number of piperidine rings is 1. The van der Waals surface area contributed by atoms with Gasteiger partial charge in [0, 0.05) is 0 Å². The summed E-state index contributed by atoms with van der Waals surface area (Å²) in [7, 11) is -0.995. The van der Waals surface area contributed by atoms with Crippen molar-refractivity contribution in [2.45, 2.75) is 51.7 Å². The van der Waals surface area contributed by atoms with Gasteiger partial charge in [-0.25, -0.2) is 0 Å². The second kappa shape index (κ2) is 6.49. The fourth-order valence-electron chi connectivity index (χ4n) is 2.48. The summed E-state index contributed by atoms with van der Waals surface area (Å²) < 4.78 is 0. The van der Waals surface area contributed by atoms with Crippen LogP contribution in [0.15, 0.2) is 11.8 Å². The minimum atomic E-state index is -0.995. The van der Waals surface area contributed by atoms with Gasteiger partial charge in [0.25, 0.3) is 0 Å². The lowest BCUT2D eigenvalue weighted by Gasteiger charge is -2.27. The molecule has 0 aromatic carbocycles. The zero-order chi connectivity index (χ0) is 11.1. The third-order valence-electron chi connectivity index (χ3n) is 3.36. The van der Waals surface area contributed by atoms with Gasteiger partial charge in [-0.05, 0) is 45.8 Å². The molecule has 0 aromatic rings. The highest BCUT2D eigenvalue weighted by atomic mass is 28.3. The van der Waals surface area contributed by atoms with Crippen LogP contribution < -0.4 is 0 Å². The first-order valence-electron chi connectivity index (χ1n) is 6.50. The molecular formula is C13H27NSi. The van der Waals surface area contributed by atoms with Gasteiger partial charge in [-0.15, -0.1) is 0 Å². The summed E-state index contributed by atoms with van der Waals surface area (Å²) in [6.45, 7) is 11.1. The van der Waals surface area contributed by atoms with Crippen LogP contribution in [0.25, 0.3) is 0 Å². The molecular weight excluding hydrogens is 198 g/mol. The Bertz CT molecular complexity index is 193. The summed E-state index contributed by atoms with van der Waals surface area (Å²) in [6.07, 6.45) is 7.96. The largest absolute Gasteiger partial charge is 0.303 e. The minimum Gasteiger partial charge on any atom is -0.303 e. The van der Waals surface area contributed by atoms with E-state index in [0.717, 1.165) is 0 Å². The SMILES string of the molecule is C/C=C\[Si](C)(C)CCCN1CCCCC1. The Labute approximate surface area is 96.6 Å². The Hall–Kier alpha value is -0.0831. The highest BCUT2D eigenvalue weighted by Gasteiger charge is 2.17. The van der Waals surface area contributed by atoms with Gasteiger partial charge in [0.05, 0.1) is 8.07 Å². The molecule has 2 heteroatoms. The molecule has 0 saturated carbocycles. The van der Waals surface area contributed by atoms with Crippen LogP contribution in [0.1, 0.15) is 32.6 Å². The first-order valence-corrected chi connectivity index (χ1v) is 9.79. The highest BCUT2D eigenvalue weighted by Crippen LogP contribution is 2.15. The normalized spacial score (nSPS) is 19.9. The van der Waals surface area contributed by atoms with E-state index in [-0.39, 0.29) is 0 Å². The van der Waals surface area contributed by atoms with Crippen molar-refractivity contribution in [3.63, 3.8) is 0 Å². The maximum atomic E-state index is 2.66. The Morgan fingerprint density at radius 2 is 1.80 bits per heavy atom. The van der Waals surface area contributed by atoms with Crippen LogP contribution in [0.4, 0.5) is 0 Å². The van der Waals surface area contributed by atoms with Crippen molar-refractivity contribution in [1.82, 2.24) is 4.90 Å². The number of allylic oxidation sites excluding steroid dienone is 1. The van der Waals surface area contributed by atoms with Crippen LogP contribution in [0.3, 0.4) is 0 Å². The van der Waals surface area contributed by atoms with E-state index in [1.54, 1.807) is 0 Å².